The zero-order valence-corrected chi connectivity index (χ0v) is 14.2. The van der Waals surface area contributed by atoms with E-state index in [1.54, 1.807) is 31.5 Å². The average Bonchev–Trinajstić information content (AvgIpc) is 2.98. The average molecular weight is 373 g/mol. The molecule has 138 valence electrons. The van der Waals surface area contributed by atoms with Gasteiger partial charge < -0.3 is 5.32 Å². The number of nitrogens with zero attached hydrogens (tertiary/aromatic N) is 4. The maximum absolute atomic E-state index is 13.1. The molecule has 0 fully saturated rings. The first kappa shape index (κ1) is 17.2. The van der Waals surface area contributed by atoms with E-state index in [4.69, 9.17) is 0 Å². The predicted octanol–water partition coefficient (Wildman–Crippen LogP) is 3.46. The molecule has 1 atom stereocenters. The monoisotopic (exact) mass is 373 g/mol. The summed E-state index contributed by atoms with van der Waals surface area (Å²) in [5, 5.41) is 7.15. The van der Waals surface area contributed by atoms with Gasteiger partial charge in [-0.2, -0.15) is 23.0 Å². The van der Waals surface area contributed by atoms with Crippen molar-refractivity contribution in [3.05, 3.63) is 65.1 Å². The molecule has 0 radical (unpaired) electrons. The number of halogens is 3. The fraction of sp³-hybridized carbons (Fsp3) is 0.222. The maximum atomic E-state index is 13.1. The van der Waals surface area contributed by atoms with Crippen LogP contribution in [-0.2, 0) is 11.0 Å². The van der Waals surface area contributed by atoms with Crippen LogP contribution in [0.4, 0.5) is 19.0 Å². The van der Waals surface area contributed by atoms with Crippen molar-refractivity contribution in [2.45, 2.75) is 25.4 Å². The number of carbonyl (C=O) groups is 1. The Hall–Kier alpha value is -3.23. The number of aromatic nitrogens is 4. The first-order chi connectivity index (χ1) is 12.8. The number of alkyl halides is 3. The van der Waals surface area contributed by atoms with Crippen LogP contribution in [0, 0.1) is 6.92 Å². The van der Waals surface area contributed by atoms with Crippen LogP contribution in [-0.4, -0.2) is 25.7 Å². The Morgan fingerprint density at radius 2 is 1.93 bits per heavy atom. The van der Waals surface area contributed by atoms with Gasteiger partial charge in [0, 0.05) is 30.3 Å². The third kappa shape index (κ3) is 3.05. The van der Waals surface area contributed by atoms with Gasteiger partial charge in [-0.25, -0.2) is 9.97 Å². The quantitative estimate of drug-likeness (QED) is 0.747. The highest BCUT2D eigenvalue weighted by molar-refractivity contribution is 5.95. The number of benzene rings is 1. The standard InChI is InChI=1S/C18H14F3N5O/c1-10-15-13(11-4-2-5-12(8-11)18(19,20)21)9-14(27)24-16(15)26(25-10)17-22-6-3-7-23-17/h2-8,13H,9H2,1H3,(H,24,27)/t13-/m1/s1. The molecule has 1 amide bonds. The van der Waals surface area contributed by atoms with Gasteiger partial charge in [0.15, 0.2) is 0 Å². The maximum Gasteiger partial charge on any atom is 0.416 e. The number of amides is 1. The lowest BCUT2D eigenvalue weighted by atomic mass is 9.85. The van der Waals surface area contributed by atoms with Gasteiger partial charge >= 0.3 is 6.18 Å². The fourth-order valence-electron chi connectivity index (χ4n) is 3.31. The van der Waals surface area contributed by atoms with Gasteiger partial charge in [-0.15, -0.1) is 0 Å². The zero-order valence-electron chi connectivity index (χ0n) is 14.2. The van der Waals surface area contributed by atoms with Crippen molar-refractivity contribution in [3.8, 4) is 5.95 Å². The molecule has 1 aromatic carbocycles. The number of hydrogen-bond donors (Lipinski definition) is 1. The van der Waals surface area contributed by atoms with Crippen molar-refractivity contribution in [2.75, 3.05) is 5.32 Å². The SMILES string of the molecule is Cc1nn(-c2ncccn2)c2c1[C@@H](c1cccc(C(F)(F)F)c1)CC(=O)N2. The van der Waals surface area contributed by atoms with E-state index in [2.05, 4.69) is 20.4 Å². The second kappa shape index (κ2) is 6.19. The molecule has 0 spiro atoms. The van der Waals surface area contributed by atoms with Crippen LogP contribution in [0.5, 0.6) is 0 Å². The summed E-state index contributed by atoms with van der Waals surface area (Å²) in [5.41, 5.74) is 0.933. The van der Waals surface area contributed by atoms with E-state index in [-0.39, 0.29) is 18.3 Å². The summed E-state index contributed by atoms with van der Waals surface area (Å²) >= 11 is 0. The molecule has 0 aliphatic carbocycles. The van der Waals surface area contributed by atoms with Crippen LogP contribution in [0.15, 0.2) is 42.7 Å². The molecule has 0 saturated carbocycles. The first-order valence-electron chi connectivity index (χ1n) is 8.18. The largest absolute Gasteiger partial charge is 0.416 e. The molecule has 1 aliphatic heterocycles. The highest BCUT2D eigenvalue weighted by Gasteiger charge is 2.35. The summed E-state index contributed by atoms with van der Waals surface area (Å²) in [7, 11) is 0. The van der Waals surface area contributed by atoms with Gasteiger partial charge in [0.25, 0.3) is 5.95 Å². The van der Waals surface area contributed by atoms with E-state index in [0.717, 1.165) is 12.1 Å². The lowest BCUT2D eigenvalue weighted by Gasteiger charge is -2.24. The van der Waals surface area contributed by atoms with Crippen LogP contribution < -0.4 is 5.32 Å². The van der Waals surface area contributed by atoms with Crippen molar-refractivity contribution >= 4 is 11.7 Å². The lowest BCUT2D eigenvalue weighted by molar-refractivity contribution is -0.137. The minimum absolute atomic E-state index is 0.0382. The first-order valence-corrected chi connectivity index (χ1v) is 8.18. The number of fused-ring (bicyclic) bond motifs is 1. The molecule has 9 heteroatoms. The van der Waals surface area contributed by atoms with Crippen molar-refractivity contribution in [2.24, 2.45) is 0 Å². The molecule has 6 nitrogen and oxygen atoms in total. The number of anilines is 1. The smallest absolute Gasteiger partial charge is 0.310 e. The molecule has 0 unspecified atom stereocenters. The molecule has 27 heavy (non-hydrogen) atoms. The zero-order chi connectivity index (χ0) is 19.2. The van der Waals surface area contributed by atoms with Crippen molar-refractivity contribution in [1.82, 2.24) is 19.7 Å². The van der Waals surface area contributed by atoms with Gasteiger partial charge in [-0.3, -0.25) is 4.79 Å². The number of hydrogen-bond acceptors (Lipinski definition) is 4. The summed E-state index contributed by atoms with van der Waals surface area (Å²) in [5.74, 6) is -0.181. The molecule has 4 rings (SSSR count). The normalized spacial score (nSPS) is 16.7. The Labute approximate surface area is 152 Å². The summed E-state index contributed by atoms with van der Waals surface area (Å²) in [6.07, 6.45) is -1.33. The molecule has 3 heterocycles. The van der Waals surface area contributed by atoms with Crippen LogP contribution in [0.1, 0.15) is 34.7 Å². The van der Waals surface area contributed by atoms with E-state index >= 15 is 0 Å². The highest BCUT2D eigenvalue weighted by Crippen LogP contribution is 2.41. The summed E-state index contributed by atoms with van der Waals surface area (Å²) < 4.78 is 40.7. The Morgan fingerprint density at radius 3 is 2.63 bits per heavy atom. The van der Waals surface area contributed by atoms with Crippen LogP contribution in [0.2, 0.25) is 0 Å². The van der Waals surface area contributed by atoms with Crippen molar-refractivity contribution in [3.63, 3.8) is 0 Å². The van der Waals surface area contributed by atoms with E-state index < -0.39 is 17.7 Å². The van der Waals surface area contributed by atoms with E-state index in [9.17, 15) is 18.0 Å². The van der Waals surface area contributed by atoms with Gasteiger partial charge in [0.2, 0.25) is 5.91 Å². The van der Waals surface area contributed by atoms with Crippen LogP contribution in [0.25, 0.3) is 5.95 Å². The topological polar surface area (TPSA) is 72.7 Å². The van der Waals surface area contributed by atoms with Crippen LogP contribution in [0.3, 0.4) is 0 Å². The van der Waals surface area contributed by atoms with Crippen molar-refractivity contribution in [1.29, 1.82) is 0 Å². The third-order valence-corrected chi connectivity index (χ3v) is 4.46. The third-order valence-electron chi connectivity index (χ3n) is 4.46. The highest BCUT2D eigenvalue weighted by atomic mass is 19.4. The molecule has 0 saturated heterocycles. The van der Waals surface area contributed by atoms with Crippen LogP contribution >= 0.6 is 0 Å². The number of nitrogens with one attached hydrogen (secondary N) is 1. The fourth-order valence-corrected chi connectivity index (χ4v) is 3.31. The Kier molecular flexibility index (Phi) is 3.94. The number of rotatable bonds is 2. The number of carbonyl (C=O) groups excluding carboxylic acids is 1. The van der Waals surface area contributed by atoms with Gasteiger partial charge in [-0.05, 0) is 24.6 Å². The van der Waals surface area contributed by atoms with E-state index in [1.165, 1.54) is 10.7 Å². The van der Waals surface area contributed by atoms with Crippen molar-refractivity contribution < 1.29 is 18.0 Å². The Balaban J connectivity index is 1.85. The van der Waals surface area contributed by atoms with Gasteiger partial charge in [0.05, 0.1) is 11.3 Å². The molecule has 3 aromatic rings. The second-order valence-electron chi connectivity index (χ2n) is 6.24. The minimum atomic E-state index is -4.45. The predicted molar refractivity (Wildman–Crippen MR) is 90.4 cm³/mol. The molecular formula is C18H14F3N5O. The number of aryl methyl sites for hydroxylation is 1. The molecule has 1 N–H and O–H groups in total. The lowest BCUT2D eigenvalue weighted by Crippen LogP contribution is -2.25. The van der Waals surface area contributed by atoms with Gasteiger partial charge in [0.1, 0.15) is 5.82 Å². The van der Waals surface area contributed by atoms with Gasteiger partial charge in [-0.1, -0.05) is 18.2 Å². The minimum Gasteiger partial charge on any atom is -0.310 e. The molecular weight excluding hydrogens is 359 g/mol. The second-order valence-corrected chi connectivity index (χ2v) is 6.24. The summed E-state index contributed by atoms with van der Waals surface area (Å²) in [6, 6.07) is 6.70. The molecule has 2 aromatic heterocycles. The molecule has 0 bridgehead atoms. The Morgan fingerprint density at radius 1 is 1.19 bits per heavy atom. The summed E-state index contributed by atoms with van der Waals surface area (Å²) in [4.78, 5) is 20.5. The molecule has 1 aliphatic rings. The van der Waals surface area contributed by atoms with E-state index in [1.807, 2.05) is 0 Å². The van der Waals surface area contributed by atoms with E-state index in [0.29, 0.717) is 22.6 Å². The summed E-state index contributed by atoms with van der Waals surface area (Å²) in [6.45, 7) is 1.75. The Bertz CT molecular complexity index is 1010.